The monoisotopic (exact) mass is 648 g/mol. The van der Waals surface area contributed by atoms with Crippen LogP contribution in [0.3, 0.4) is 0 Å². The molecule has 3 aliphatic heterocycles. The molecule has 8 rings (SSSR count). The van der Waals surface area contributed by atoms with Gasteiger partial charge in [0.25, 0.3) is 0 Å². The molecule has 46 heavy (non-hydrogen) atoms. The van der Waals surface area contributed by atoms with Crippen LogP contribution in [0.25, 0.3) is 0 Å². The van der Waals surface area contributed by atoms with Crippen LogP contribution < -0.4 is 0 Å². The second-order valence-corrected chi connectivity index (χ2v) is 19.4. The summed E-state index contributed by atoms with van der Waals surface area (Å²) in [6.07, 6.45) is 2.47. The molecule has 17 unspecified atom stereocenters. The highest BCUT2D eigenvalue weighted by Crippen LogP contribution is 2.90. The predicted octanol–water partition coefficient (Wildman–Crippen LogP) is 3.90. The smallest absolute Gasteiger partial charge is 0.200 e. The normalized spacial score (nSPS) is 63.3. The Hall–Kier alpha value is -0.360. The molecule has 0 aromatic heterocycles. The maximum atomic E-state index is 12.9. The first-order valence-electron chi connectivity index (χ1n) is 18.2. The number of ether oxygens (including phenoxy) is 4. The molecule has 5 aliphatic carbocycles. The molecule has 8 fully saturated rings. The van der Waals surface area contributed by atoms with Gasteiger partial charge in [0.1, 0.15) is 35.6 Å². The average molecular weight is 649 g/mol. The average Bonchev–Trinajstić information content (AvgIpc) is 3.53. The van der Waals surface area contributed by atoms with E-state index >= 15 is 0 Å². The second-order valence-electron chi connectivity index (χ2n) is 19.4. The van der Waals surface area contributed by atoms with E-state index in [4.69, 9.17) is 18.9 Å². The largest absolute Gasteiger partial charge is 0.388 e. The number of aliphatic hydroxyl groups is 5. The van der Waals surface area contributed by atoms with E-state index in [0.717, 1.165) is 44.9 Å². The van der Waals surface area contributed by atoms with Crippen molar-refractivity contribution in [3.8, 4) is 0 Å². The molecule has 3 heterocycles. The summed E-state index contributed by atoms with van der Waals surface area (Å²) in [6, 6.07) is 0. The molecule has 0 aromatic carbocycles. The molecular formula is C37H60O9. The standard InChI is InChI=1S/C37H60O9/c1-19-16-32(7)34(9,30(4,5)42)46-37(45-32)26(19)31(6)14-15-36-18-35(36)13-12-23(44-27-25(40)24(39)20(38)17-43-27)29(2,3)21(35)10-11-22(36)33(31,8)28(37)41/h19-28,38-42H,10-18H2,1-9H3. The van der Waals surface area contributed by atoms with Crippen molar-refractivity contribution in [2.75, 3.05) is 6.61 Å². The zero-order valence-corrected chi connectivity index (χ0v) is 29.5. The van der Waals surface area contributed by atoms with Gasteiger partial charge in [-0.15, -0.1) is 0 Å². The zero-order chi connectivity index (χ0) is 33.5. The van der Waals surface area contributed by atoms with Gasteiger partial charge in [-0.1, -0.05) is 34.6 Å². The molecule has 0 amide bonds. The van der Waals surface area contributed by atoms with Crippen LogP contribution in [0.4, 0.5) is 0 Å². The molecule has 262 valence electrons. The molecule has 17 atom stereocenters. The van der Waals surface area contributed by atoms with Crippen molar-refractivity contribution < 1.29 is 44.5 Å². The van der Waals surface area contributed by atoms with Crippen molar-refractivity contribution in [2.45, 2.75) is 173 Å². The van der Waals surface area contributed by atoms with Crippen molar-refractivity contribution in [2.24, 2.45) is 50.7 Å². The molecule has 0 aromatic rings. The van der Waals surface area contributed by atoms with Gasteiger partial charge in [0, 0.05) is 11.3 Å². The summed E-state index contributed by atoms with van der Waals surface area (Å²) in [7, 11) is 0. The van der Waals surface area contributed by atoms with Crippen LogP contribution in [0.1, 0.15) is 114 Å². The zero-order valence-electron chi connectivity index (χ0n) is 29.5. The maximum Gasteiger partial charge on any atom is 0.200 e. The van der Waals surface area contributed by atoms with Crippen molar-refractivity contribution in [3.05, 3.63) is 0 Å². The van der Waals surface area contributed by atoms with Crippen LogP contribution >= 0.6 is 0 Å². The fraction of sp³-hybridized carbons (Fsp3) is 1.00. The van der Waals surface area contributed by atoms with E-state index < -0.39 is 58.7 Å². The van der Waals surface area contributed by atoms with E-state index in [0.29, 0.717) is 11.8 Å². The van der Waals surface area contributed by atoms with Gasteiger partial charge in [-0.05, 0) is 118 Å². The molecule has 0 radical (unpaired) electrons. The fourth-order valence-electron chi connectivity index (χ4n) is 14.7. The van der Waals surface area contributed by atoms with E-state index in [-0.39, 0.29) is 46.2 Å². The van der Waals surface area contributed by atoms with E-state index in [1.165, 1.54) is 6.42 Å². The highest BCUT2D eigenvalue weighted by atomic mass is 16.8. The first kappa shape index (κ1) is 32.8. The van der Waals surface area contributed by atoms with Gasteiger partial charge in [0.05, 0.1) is 18.3 Å². The van der Waals surface area contributed by atoms with Gasteiger partial charge in [0.2, 0.25) is 0 Å². The topological polar surface area (TPSA) is 138 Å². The number of rotatable bonds is 3. The molecule has 5 saturated carbocycles. The molecule has 5 N–H and O–H groups in total. The van der Waals surface area contributed by atoms with E-state index in [2.05, 4.69) is 41.5 Å². The van der Waals surface area contributed by atoms with Crippen LogP contribution in [-0.4, -0.2) is 91.5 Å². The van der Waals surface area contributed by atoms with Gasteiger partial charge in [0.15, 0.2) is 12.1 Å². The van der Waals surface area contributed by atoms with Crippen molar-refractivity contribution in [3.63, 3.8) is 0 Å². The fourth-order valence-corrected chi connectivity index (χ4v) is 14.7. The molecule has 9 heteroatoms. The van der Waals surface area contributed by atoms with E-state index in [9.17, 15) is 25.5 Å². The van der Waals surface area contributed by atoms with Crippen LogP contribution in [0.15, 0.2) is 0 Å². The molecule has 3 spiro atoms. The summed E-state index contributed by atoms with van der Waals surface area (Å²) in [5, 5.41) is 55.3. The first-order valence-corrected chi connectivity index (χ1v) is 18.2. The molecular weight excluding hydrogens is 588 g/mol. The summed E-state index contributed by atoms with van der Waals surface area (Å²) in [5.74, 6) is -0.0977. The minimum absolute atomic E-state index is 0.0263. The van der Waals surface area contributed by atoms with Gasteiger partial charge in [-0.2, -0.15) is 0 Å². The lowest BCUT2D eigenvalue weighted by Gasteiger charge is -2.63. The van der Waals surface area contributed by atoms with Gasteiger partial charge < -0.3 is 44.5 Å². The van der Waals surface area contributed by atoms with Crippen molar-refractivity contribution >= 4 is 0 Å². The number of hydrogen-bond donors (Lipinski definition) is 5. The molecule has 2 bridgehead atoms. The quantitative estimate of drug-likeness (QED) is 0.289. The summed E-state index contributed by atoms with van der Waals surface area (Å²) >= 11 is 0. The van der Waals surface area contributed by atoms with Gasteiger partial charge in [-0.3, -0.25) is 0 Å². The Labute approximate surface area is 274 Å². The number of aliphatic hydroxyl groups excluding tert-OH is 4. The molecule has 9 nitrogen and oxygen atoms in total. The third-order valence-corrected chi connectivity index (χ3v) is 17.2. The Bertz CT molecular complexity index is 1300. The van der Waals surface area contributed by atoms with Crippen molar-refractivity contribution in [1.29, 1.82) is 0 Å². The minimum Gasteiger partial charge on any atom is -0.388 e. The van der Waals surface area contributed by atoms with Crippen LogP contribution in [0, 0.1) is 50.7 Å². The number of fused-ring (bicyclic) bond motifs is 4. The summed E-state index contributed by atoms with van der Waals surface area (Å²) in [6.45, 7) is 19.4. The van der Waals surface area contributed by atoms with Crippen LogP contribution in [-0.2, 0) is 18.9 Å². The SMILES string of the molecule is CC1CC2(C)OC3(OC2(C)C(C)(C)O)C1C1(C)CCC24CC25CCC(OC2OCC(O)C(O)C2O)C(C)(C)C5CCC4C1(C)C3O. The Balaban J connectivity index is 1.12. The third-order valence-electron chi connectivity index (χ3n) is 17.2. The Morgan fingerprint density at radius 2 is 1.46 bits per heavy atom. The van der Waals surface area contributed by atoms with E-state index in [1.807, 2.05) is 20.8 Å². The van der Waals surface area contributed by atoms with Crippen LogP contribution in [0.5, 0.6) is 0 Å². The molecule has 8 aliphatic rings. The molecule has 3 saturated heterocycles. The summed E-state index contributed by atoms with van der Waals surface area (Å²) in [4.78, 5) is 0. The maximum absolute atomic E-state index is 12.9. The highest BCUT2D eigenvalue weighted by Gasteiger charge is 2.89. The van der Waals surface area contributed by atoms with Gasteiger partial charge >= 0.3 is 0 Å². The Morgan fingerprint density at radius 3 is 2.13 bits per heavy atom. The predicted molar refractivity (Wildman–Crippen MR) is 168 cm³/mol. The van der Waals surface area contributed by atoms with Crippen LogP contribution in [0.2, 0.25) is 0 Å². The second kappa shape index (κ2) is 9.10. The van der Waals surface area contributed by atoms with Gasteiger partial charge in [-0.25, -0.2) is 0 Å². The van der Waals surface area contributed by atoms with E-state index in [1.54, 1.807) is 0 Å². The minimum atomic E-state index is -1.29. The lowest BCUT2D eigenvalue weighted by molar-refractivity contribution is -0.304. The lowest BCUT2D eigenvalue weighted by Crippen LogP contribution is -2.62. The number of hydrogen-bond acceptors (Lipinski definition) is 9. The first-order chi connectivity index (χ1) is 21.1. The highest BCUT2D eigenvalue weighted by molar-refractivity contribution is 5.35. The Morgan fingerprint density at radius 1 is 0.804 bits per heavy atom. The Kier molecular flexibility index (Phi) is 6.50. The third kappa shape index (κ3) is 3.36. The summed E-state index contributed by atoms with van der Waals surface area (Å²) < 4.78 is 26.4. The van der Waals surface area contributed by atoms with Crippen molar-refractivity contribution in [1.82, 2.24) is 0 Å². The lowest BCUT2D eigenvalue weighted by atomic mass is 9.41. The summed E-state index contributed by atoms with van der Waals surface area (Å²) in [5.41, 5.74) is -3.29.